The van der Waals surface area contributed by atoms with E-state index in [-0.39, 0.29) is 30.4 Å². The van der Waals surface area contributed by atoms with E-state index in [2.05, 4.69) is 4.99 Å². The highest BCUT2D eigenvalue weighted by molar-refractivity contribution is 7.98. The second-order valence-electron chi connectivity index (χ2n) is 9.05. The number of amides is 1. The zero-order valence-corrected chi connectivity index (χ0v) is 20.9. The molecular weight excluding hydrogens is 476 g/mol. The van der Waals surface area contributed by atoms with E-state index < -0.39 is 30.2 Å². The molecule has 1 aromatic heterocycles. The van der Waals surface area contributed by atoms with Crippen LogP contribution in [0.1, 0.15) is 37.7 Å². The van der Waals surface area contributed by atoms with Crippen LogP contribution in [-0.4, -0.2) is 70.8 Å². The molecule has 3 N–H and O–H groups in total. The maximum Gasteiger partial charge on any atom is 0.264 e. The van der Waals surface area contributed by atoms with Crippen molar-refractivity contribution in [2.75, 3.05) is 31.7 Å². The van der Waals surface area contributed by atoms with Crippen LogP contribution in [0.4, 0.5) is 8.78 Å². The van der Waals surface area contributed by atoms with Gasteiger partial charge in [0.2, 0.25) is 5.90 Å². The lowest BCUT2D eigenvalue weighted by molar-refractivity contribution is -0.127. The van der Waals surface area contributed by atoms with Crippen molar-refractivity contribution >= 4 is 29.4 Å². The molecule has 35 heavy (non-hydrogen) atoms. The van der Waals surface area contributed by atoms with Gasteiger partial charge in [-0.15, -0.1) is 0 Å². The quantitative estimate of drug-likeness (QED) is 0.370. The standard InChI is InChI=1S/C24H33F2N5O3S/c1-16(23(33)29-20(27)6-7-21(28)34-15-17-3-4-17)30-10-9-24(25,26)19(14-30)18-5-8-22(32)31(13-18)11-12-35-2/h5-8,13,16-17,19,28H,3-4,9-12,14-15H2,1-2H3,(H2,27,29,33)/b7-6-,28-21?/t16-,19?/m0/s1. The average Bonchev–Trinajstić information content (AvgIpc) is 3.65. The number of hydrogen-bond donors (Lipinski definition) is 2. The highest BCUT2D eigenvalue weighted by atomic mass is 32.2. The molecule has 2 atom stereocenters. The van der Waals surface area contributed by atoms with Crippen molar-refractivity contribution in [3.63, 3.8) is 0 Å². The number of rotatable bonds is 10. The summed E-state index contributed by atoms with van der Waals surface area (Å²) in [6.45, 7) is 2.53. The number of nitrogens with one attached hydrogen (secondary N) is 1. The number of pyridine rings is 1. The highest BCUT2D eigenvalue weighted by Crippen LogP contribution is 2.40. The van der Waals surface area contributed by atoms with Gasteiger partial charge in [-0.25, -0.2) is 8.78 Å². The van der Waals surface area contributed by atoms with Crippen molar-refractivity contribution in [1.29, 1.82) is 5.41 Å². The molecule has 0 spiro atoms. The molecule has 1 unspecified atom stereocenters. The third-order valence-electron chi connectivity index (χ3n) is 6.33. The summed E-state index contributed by atoms with van der Waals surface area (Å²) < 4.78 is 36.5. The number of aromatic nitrogens is 1. The first-order valence-electron chi connectivity index (χ1n) is 11.7. The first-order valence-corrected chi connectivity index (χ1v) is 13.1. The molecule has 2 fully saturated rings. The lowest BCUT2D eigenvalue weighted by Crippen LogP contribution is -2.51. The Morgan fingerprint density at radius 1 is 1.40 bits per heavy atom. The van der Waals surface area contributed by atoms with E-state index in [0.29, 0.717) is 30.4 Å². The maximum atomic E-state index is 14.9. The molecule has 0 bridgehead atoms. The Labute approximate surface area is 208 Å². The van der Waals surface area contributed by atoms with Gasteiger partial charge < -0.3 is 15.0 Å². The molecule has 11 heteroatoms. The number of thioether (sulfide) groups is 1. The summed E-state index contributed by atoms with van der Waals surface area (Å²) in [6.07, 6.45) is 7.89. The van der Waals surface area contributed by atoms with Crippen molar-refractivity contribution in [3.8, 4) is 0 Å². The predicted octanol–water partition coefficient (Wildman–Crippen LogP) is 2.87. The molecule has 1 amide bonds. The summed E-state index contributed by atoms with van der Waals surface area (Å²) in [4.78, 5) is 30.3. The van der Waals surface area contributed by atoms with Crippen LogP contribution in [-0.2, 0) is 16.1 Å². The minimum absolute atomic E-state index is 0.0352. The Hall–Kier alpha value is -2.53. The lowest BCUT2D eigenvalue weighted by atomic mass is 9.87. The fraction of sp³-hybridized carbons (Fsp3) is 0.583. The Balaban J connectivity index is 1.66. The predicted molar refractivity (Wildman–Crippen MR) is 135 cm³/mol. The normalized spacial score (nSPS) is 21.7. The van der Waals surface area contributed by atoms with E-state index in [9.17, 15) is 18.4 Å². The van der Waals surface area contributed by atoms with Crippen LogP contribution in [0.15, 0.2) is 40.3 Å². The number of carbonyl (C=O) groups excluding carboxylic acids is 1. The molecule has 1 saturated heterocycles. The van der Waals surface area contributed by atoms with Gasteiger partial charge in [-0.1, -0.05) is 6.07 Å². The Bertz CT molecular complexity index is 1040. The van der Waals surface area contributed by atoms with E-state index >= 15 is 0 Å². The molecule has 1 aromatic rings. The summed E-state index contributed by atoms with van der Waals surface area (Å²) in [5.74, 6) is -3.60. The summed E-state index contributed by atoms with van der Waals surface area (Å²) in [6, 6.07) is 2.02. The molecule has 192 valence electrons. The van der Waals surface area contributed by atoms with E-state index in [1.807, 2.05) is 6.26 Å². The van der Waals surface area contributed by atoms with Gasteiger partial charge in [0.1, 0.15) is 5.84 Å². The zero-order chi connectivity index (χ0) is 25.6. The number of nitrogens with zero attached hydrogens (tertiary/aromatic N) is 3. The molecule has 1 aliphatic heterocycles. The number of amidine groups is 1. The molecule has 1 saturated carbocycles. The van der Waals surface area contributed by atoms with Gasteiger partial charge >= 0.3 is 0 Å². The highest BCUT2D eigenvalue weighted by Gasteiger charge is 2.46. The number of ether oxygens (including phenoxy) is 1. The Morgan fingerprint density at radius 2 is 2.14 bits per heavy atom. The Kier molecular flexibility index (Phi) is 9.23. The summed E-state index contributed by atoms with van der Waals surface area (Å²) in [5, 5.41) is 7.73. The number of hydrogen-bond acceptors (Lipinski definition) is 6. The fourth-order valence-corrected chi connectivity index (χ4v) is 4.24. The van der Waals surface area contributed by atoms with Crippen LogP contribution in [0.2, 0.25) is 0 Å². The molecule has 2 heterocycles. The first-order chi connectivity index (χ1) is 16.6. The van der Waals surface area contributed by atoms with Crippen molar-refractivity contribution in [3.05, 3.63) is 46.4 Å². The third-order valence-corrected chi connectivity index (χ3v) is 6.92. The number of piperidine rings is 1. The van der Waals surface area contributed by atoms with Crippen LogP contribution >= 0.6 is 11.8 Å². The second-order valence-corrected chi connectivity index (χ2v) is 10.0. The van der Waals surface area contributed by atoms with Crippen molar-refractivity contribution in [1.82, 2.24) is 9.47 Å². The van der Waals surface area contributed by atoms with Gasteiger partial charge in [-0.2, -0.15) is 16.8 Å². The largest absolute Gasteiger partial charge is 0.478 e. The van der Waals surface area contributed by atoms with Gasteiger partial charge in [0.25, 0.3) is 17.4 Å². The van der Waals surface area contributed by atoms with Gasteiger partial charge in [0.05, 0.1) is 18.6 Å². The van der Waals surface area contributed by atoms with Crippen LogP contribution in [0.5, 0.6) is 0 Å². The first kappa shape index (κ1) is 27.1. The molecule has 0 radical (unpaired) electrons. The molecule has 1 aliphatic carbocycles. The Morgan fingerprint density at radius 3 is 2.83 bits per heavy atom. The van der Waals surface area contributed by atoms with Gasteiger partial charge in [0.15, 0.2) is 0 Å². The molecule has 3 rings (SSSR count). The van der Waals surface area contributed by atoms with Gasteiger partial charge in [-0.3, -0.25) is 19.9 Å². The number of halogens is 2. The fourth-order valence-electron chi connectivity index (χ4n) is 3.86. The number of likely N-dealkylation sites (tertiary alicyclic amines) is 1. The van der Waals surface area contributed by atoms with E-state index in [4.69, 9.17) is 15.9 Å². The van der Waals surface area contributed by atoms with Gasteiger partial charge in [-0.05, 0) is 43.6 Å². The van der Waals surface area contributed by atoms with Crippen LogP contribution < -0.4 is 11.3 Å². The number of carbonyl (C=O) groups is 1. The monoisotopic (exact) mass is 509 g/mol. The van der Waals surface area contributed by atoms with Crippen LogP contribution in [0, 0.1) is 11.3 Å². The van der Waals surface area contributed by atoms with Crippen molar-refractivity contribution < 1.29 is 18.3 Å². The SMILES string of the molecule is CSCCn1cc(C2CN([C@@H](C)C(=O)N=C(N)/C=C\C(=N)OCC3CC3)CCC2(F)F)ccc1=O. The average molecular weight is 510 g/mol. The van der Waals surface area contributed by atoms with Gasteiger partial charge in [0, 0.05) is 50.1 Å². The molecule has 0 aromatic carbocycles. The van der Waals surface area contributed by atoms with Crippen molar-refractivity contribution in [2.24, 2.45) is 16.6 Å². The number of aliphatic imine (C=N–C) groups is 1. The minimum atomic E-state index is -2.97. The van der Waals surface area contributed by atoms with Crippen LogP contribution in [0.25, 0.3) is 0 Å². The summed E-state index contributed by atoms with van der Waals surface area (Å²) >= 11 is 1.57. The number of alkyl halides is 2. The molecule has 2 aliphatic rings. The second kappa shape index (κ2) is 11.9. The van der Waals surface area contributed by atoms with Crippen LogP contribution in [0.3, 0.4) is 0 Å². The molecule has 8 nitrogen and oxygen atoms in total. The minimum Gasteiger partial charge on any atom is -0.478 e. The zero-order valence-electron chi connectivity index (χ0n) is 20.1. The third kappa shape index (κ3) is 7.73. The summed E-state index contributed by atoms with van der Waals surface area (Å²) in [5.41, 5.74) is 5.95. The number of aryl methyl sites for hydroxylation is 1. The van der Waals surface area contributed by atoms with E-state index in [0.717, 1.165) is 12.8 Å². The maximum absolute atomic E-state index is 14.9. The van der Waals surface area contributed by atoms with Crippen molar-refractivity contribution in [2.45, 2.75) is 50.6 Å². The van der Waals surface area contributed by atoms with E-state index in [1.54, 1.807) is 23.6 Å². The smallest absolute Gasteiger partial charge is 0.264 e. The number of nitrogens with two attached hydrogens (primary N) is 1. The van der Waals surface area contributed by atoms with E-state index in [1.165, 1.54) is 35.0 Å². The molecular formula is C24H33F2N5O3S. The lowest BCUT2D eigenvalue weighted by Gasteiger charge is -2.40. The topological polar surface area (TPSA) is 114 Å². The summed E-state index contributed by atoms with van der Waals surface area (Å²) in [7, 11) is 0.